The Morgan fingerprint density at radius 2 is 1.92 bits per heavy atom. The summed E-state index contributed by atoms with van der Waals surface area (Å²) in [5.74, 6) is -0.644. The molecule has 128 valence electrons. The molecule has 2 heterocycles. The number of rotatable bonds is 2. The van der Waals surface area contributed by atoms with Crippen molar-refractivity contribution in [2.45, 2.75) is 26.2 Å². The van der Waals surface area contributed by atoms with Crippen molar-refractivity contribution in [1.82, 2.24) is 14.7 Å². The summed E-state index contributed by atoms with van der Waals surface area (Å²) < 4.78 is 40.7. The number of halogens is 3. The van der Waals surface area contributed by atoms with Crippen molar-refractivity contribution in [2.75, 3.05) is 11.9 Å². The van der Waals surface area contributed by atoms with Gasteiger partial charge in [-0.25, -0.2) is 0 Å². The molecular formula is C16H17F3N4O. The van der Waals surface area contributed by atoms with Gasteiger partial charge in [0.1, 0.15) is 12.7 Å². The lowest BCUT2D eigenvalue weighted by molar-refractivity contribution is -0.144. The number of anilines is 1. The second-order valence-corrected chi connectivity index (χ2v) is 5.85. The maximum atomic E-state index is 13.0. The predicted octanol–water partition coefficient (Wildman–Crippen LogP) is 3.17. The molecule has 1 aliphatic heterocycles. The van der Waals surface area contributed by atoms with E-state index < -0.39 is 24.8 Å². The van der Waals surface area contributed by atoms with E-state index in [-0.39, 0.29) is 5.56 Å². The standard InChI is InChI=1S/C16H17F3N4O/c1-9-13(10(2)22(3)21-9)14-20-12-7-5-4-6-11(12)15(24)23(14)8-16(17,18)19/h4-7,14,20H,8H2,1-3H3/t14-/m0/s1. The van der Waals surface area contributed by atoms with Crippen LogP contribution in [-0.2, 0) is 7.05 Å². The fourth-order valence-corrected chi connectivity index (χ4v) is 3.06. The van der Waals surface area contributed by atoms with Crippen LogP contribution in [0.2, 0.25) is 0 Å². The average Bonchev–Trinajstić information content (AvgIpc) is 2.74. The van der Waals surface area contributed by atoms with Crippen molar-refractivity contribution < 1.29 is 18.0 Å². The summed E-state index contributed by atoms with van der Waals surface area (Å²) in [6, 6.07) is 6.57. The second kappa shape index (κ2) is 5.54. The van der Waals surface area contributed by atoms with Crippen LogP contribution in [0, 0.1) is 13.8 Å². The number of benzene rings is 1. The monoisotopic (exact) mass is 338 g/mol. The molecule has 0 fully saturated rings. The highest BCUT2D eigenvalue weighted by molar-refractivity contribution is 6.01. The van der Waals surface area contributed by atoms with E-state index in [0.717, 1.165) is 4.90 Å². The summed E-state index contributed by atoms with van der Waals surface area (Å²) in [4.78, 5) is 13.5. The zero-order chi connectivity index (χ0) is 17.6. The predicted molar refractivity (Wildman–Crippen MR) is 82.6 cm³/mol. The lowest BCUT2D eigenvalue weighted by Crippen LogP contribution is -2.47. The molecule has 1 aromatic heterocycles. The maximum absolute atomic E-state index is 13.0. The fraction of sp³-hybridized carbons (Fsp3) is 0.375. The van der Waals surface area contributed by atoms with Gasteiger partial charge in [0.25, 0.3) is 5.91 Å². The smallest absolute Gasteiger partial charge is 0.361 e. The molecule has 0 unspecified atom stereocenters. The van der Waals surface area contributed by atoms with Crippen molar-refractivity contribution in [3.8, 4) is 0 Å². The first kappa shape index (κ1) is 16.4. The number of fused-ring (bicyclic) bond motifs is 1. The third-order valence-corrected chi connectivity index (χ3v) is 4.21. The number of hydrogen-bond donors (Lipinski definition) is 1. The van der Waals surface area contributed by atoms with E-state index in [0.29, 0.717) is 22.6 Å². The molecule has 24 heavy (non-hydrogen) atoms. The number of aromatic nitrogens is 2. The first-order chi connectivity index (χ1) is 11.2. The van der Waals surface area contributed by atoms with Crippen molar-refractivity contribution in [3.63, 3.8) is 0 Å². The summed E-state index contributed by atoms with van der Waals surface area (Å²) in [6.45, 7) is 2.17. The molecule has 3 rings (SSSR count). The maximum Gasteiger partial charge on any atom is 0.406 e. The van der Waals surface area contributed by atoms with Crippen LogP contribution in [0.1, 0.15) is 33.5 Å². The van der Waals surface area contributed by atoms with E-state index >= 15 is 0 Å². The van der Waals surface area contributed by atoms with Crippen LogP contribution in [0.25, 0.3) is 0 Å². The van der Waals surface area contributed by atoms with E-state index in [4.69, 9.17) is 0 Å². The second-order valence-electron chi connectivity index (χ2n) is 5.85. The first-order valence-electron chi connectivity index (χ1n) is 7.42. The van der Waals surface area contributed by atoms with Gasteiger partial charge in [-0.15, -0.1) is 0 Å². The van der Waals surface area contributed by atoms with Crippen LogP contribution in [0.15, 0.2) is 24.3 Å². The largest absolute Gasteiger partial charge is 0.406 e. The minimum atomic E-state index is -4.49. The molecule has 0 aliphatic carbocycles. The summed E-state index contributed by atoms with van der Waals surface area (Å²) in [5, 5.41) is 7.32. The van der Waals surface area contributed by atoms with Crippen LogP contribution in [-0.4, -0.2) is 33.3 Å². The van der Waals surface area contributed by atoms with Crippen molar-refractivity contribution in [3.05, 3.63) is 46.8 Å². The zero-order valence-electron chi connectivity index (χ0n) is 13.5. The highest BCUT2D eigenvalue weighted by Crippen LogP contribution is 2.37. The highest BCUT2D eigenvalue weighted by atomic mass is 19.4. The number of hydrogen-bond acceptors (Lipinski definition) is 3. The molecule has 1 amide bonds. The van der Waals surface area contributed by atoms with E-state index in [2.05, 4.69) is 10.4 Å². The van der Waals surface area contributed by atoms with Crippen molar-refractivity contribution in [1.29, 1.82) is 0 Å². The summed E-state index contributed by atoms with van der Waals surface area (Å²) in [6.07, 6.45) is -5.41. The molecule has 1 aromatic carbocycles. The molecular weight excluding hydrogens is 321 g/mol. The Bertz CT molecular complexity index is 797. The fourth-order valence-electron chi connectivity index (χ4n) is 3.06. The van der Waals surface area contributed by atoms with E-state index in [1.165, 1.54) is 6.07 Å². The Morgan fingerprint density at radius 1 is 1.25 bits per heavy atom. The number of nitrogens with one attached hydrogen (secondary N) is 1. The molecule has 0 bridgehead atoms. The van der Waals surface area contributed by atoms with Gasteiger partial charge in [-0.2, -0.15) is 18.3 Å². The third kappa shape index (κ3) is 2.72. The van der Waals surface area contributed by atoms with Crippen molar-refractivity contribution in [2.24, 2.45) is 7.05 Å². The quantitative estimate of drug-likeness (QED) is 0.915. The number of carbonyl (C=O) groups is 1. The number of nitrogens with zero attached hydrogens (tertiary/aromatic N) is 3. The summed E-state index contributed by atoms with van der Waals surface area (Å²) >= 11 is 0. The number of aryl methyl sites for hydroxylation is 2. The molecule has 1 aliphatic rings. The molecule has 0 saturated heterocycles. The molecule has 2 aromatic rings. The Balaban J connectivity index is 2.13. The van der Waals surface area contributed by atoms with E-state index in [1.807, 2.05) is 0 Å². The van der Waals surface area contributed by atoms with Crippen LogP contribution in [0.3, 0.4) is 0 Å². The Hall–Kier alpha value is -2.51. The van der Waals surface area contributed by atoms with Crippen molar-refractivity contribution >= 4 is 11.6 Å². The molecule has 8 heteroatoms. The Labute approximate surface area is 137 Å². The van der Waals surface area contributed by atoms with E-state index in [9.17, 15) is 18.0 Å². The minimum absolute atomic E-state index is 0.234. The van der Waals surface area contributed by atoms with Gasteiger partial charge in [0.05, 0.1) is 11.3 Å². The van der Waals surface area contributed by atoms with E-state index in [1.54, 1.807) is 43.8 Å². The first-order valence-corrected chi connectivity index (χ1v) is 7.42. The normalized spacial score (nSPS) is 17.7. The van der Waals surface area contributed by atoms with Gasteiger partial charge in [0, 0.05) is 24.0 Å². The molecule has 0 saturated carbocycles. The van der Waals surface area contributed by atoms with Gasteiger partial charge in [-0.3, -0.25) is 9.48 Å². The Morgan fingerprint density at radius 3 is 2.50 bits per heavy atom. The topological polar surface area (TPSA) is 50.2 Å². The lowest BCUT2D eigenvalue weighted by Gasteiger charge is -2.38. The van der Waals surface area contributed by atoms with Gasteiger partial charge in [0.15, 0.2) is 0 Å². The molecule has 1 atom stereocenters. The number of alkyl halides is 3. The molecule has 1 N–H and O–H groups in total. The van der Waals surface area contributed by atoms with Crippen LogP contribution < -0.4 is 5.32 Å². The average molecular weight is 338 g/mol. The van der Waals surface area contributed by atoms with Crippen LogP contribution in [0.5, 0.6) is 0 Å². The number of carbonyl (C=O) groups excluding carboxylic acids is 1. The molecule has 5 nitrogen and oxygen atoms in total. The van der Waals surface area contributed by atoms with Gasteiger partial charge in [0.2, 0.25) is 0 Å². The number of para-hydroxylation sites is 1. The molecule has 0 radical (unpaired) electrons. The molecule has 0 spiro atoms. The van der Waals surface area contributed by atoms with Crippen LogP contribution in [0.4, 0.5) is 18.9 Å². The van der Waals surface area contributed by atoms with Gasteiger partial charge >= 0.3 is 6.18 Å². The zero-order valence-corrected chi connectivity index (χ0v) is 13.5. The third-order valence-electron chi connectivity index (χ3n) is 4.21. The van der Waals surface area contributed by atoms with Gasteiger partial charge in [-0.05, 0) is 26.0 Å². The van der Waals surface area contributed by atoms with Gasteiger partial charge < -0.3 is 10.2 Å². The highest BCUT2D eigenvalue weighted by Gasteiger charge is 2.42. The lowest BCUT2D eigenvalue weighted by atomic mass is 10.0. The number of amides is 1. The summed E-state index contributed by atoms with van der Waals surface area (Å²) in [7, 11) is 1.72. The Kier molecular flexibility index (Phi) is 3.77. The minimum Gasteiger partial charge on any atom is -0.361 e. The van der Waals surface area contributed by atoms with Crippen LogP contribution >= 0.6 is 0 Å². The van der Waals surface area contributed by atoms with Gasteiger partial charge in [-0.1, -0.05) is 12.1 Å². The summed E-state index contributed by atoms with van der Waals surface area (Å²) in [5.41, 5.74) is 2.64. The SMILES string of the molecule is Cc1nn(C)c(C)c1[C@H]1Nc2ccccc2C(=O)N1CC(F)(F)F.